The van der Waals surface area contributed by atoms with Crippen molar-refractivity contribution in [3.05, 3.63) is 61.2 Å². The van der Waals surface area contributed by atoms with E-state index >= 15 is 0 Å². The number of anilines is 1. The number of aromatic nitrogens is 2. The number of rotatable bonds is 4. The van der Waals surface area contributed by atoms with Crippen LogP contribution in [0.2, 0.25) is 0 Å². The van der Waals surface area contributed by atoms with Gasteiger partial charge in [-0.05, 0) is 24.3 Å². The van der Waals surface area contributed by atoms with E-state index in [1.54, 1.807) is 36.5 Å². The average molecular weight is 270 g/mol. The molecule has 0 radical (unpaired) electrons. The first-order valence-corrected chi connectivity index (χ1v) is 5.99. The van der Waals surface area contributed by atoms with Crippen LogP contribution in [0.4, 0.5) is 10.5 Å². The third kappa shape index (κ3) is 3.32. The van der Waals surface area contributed by atoms with Gasteiger partial charge in [-0.2, -0.15) is 0 Å². The van der Waals surface area contributed by atoms with Gasteiger partial charge in [-0.3, -0.25) is 9.36 Å². The fourth-order valence-corrected chi connectivity index (χ4v) is 1.54. The number of carbonyl (C=O) groups excluding carboxylic acids is 2. The van der Waals surface area contributed by atoms with Crippen LogP contribution in [0.1, 0.15) is 10.4 Å². The van der Waals surface area contributed by atoms with Crippen LogP contribution in [-0.2, 0) is 0 Å². The van der Waals surface area contributed by atoms with Gasteiger partial charge in [-0.25, -0.2) is 9.78 Å². The Kier molecular flexibility index (Phi) is 4.28. The monoisotopic (exact) mass is 270 g/mol. The lowest BCUT2D eigenvalue weighted by Crippen LogP contribution is -2.23. The van der Waals surface area contributed by atoms with E-state index in [9.17, 15) is 9.59 Å². The quantitative estimate of drug-likeness (QED) is 0.833. The molecule has 2 rings (SSSR count). The number of hydrogen-bond acceptors (Lipinski definition) is 3. The molecule has 0 saturated carbocycles. The van der Waals surface area contributed by atoms with Crippen molar-refractivity contribution in [2.75, 3.05) is 11.9 Å². The normalized spacial score (nSPS) is 9.80. The SMILES string of the molecule is C=CCNC(=O)c1ccc(NC(=O)n2ccnc2)cc1. The minimum atomic E-state index is -0.314. The predicted octanol–water partition coefficient (Wildman–Crippen LogP) is 1.88. The molecule has 20 heavy (non-hydrogen) atoms. The molecule has 6 nitrogen and oxygen atoms in total. The molecule has 102 valence electrons. The van der Waals surface area contributed by atoms with Gasteiger partial charge in [0.1, 0.15) is 6.33 Å². The largest absolute Gasteiger partial charge is 0.349 e. The van der Waals surface area contributed by atoms with Gasteiger partial charge in [0.05, 0.1) is 0 Å². The maximum Gasteiger partial charge on any atom is 0.331 e. The molecule has 0 spiro atoms. The zero-order valence-electron chi connectivity index (χ0n) is 10.7. The molecule has 2 amide bonds. The van der Waals surface area contributed by atoms with Gasteiger partial charge in [-0.15, -0.1) is 6.58 Å². The van der Waals surface area contributed by atoms with Crippen LogP contribution in [-0.4, -0.2) is 28.0 Å². The Hall–Kier alpha value is -2.89. The maximum atomic E-state index is 11.8. The molecule has 1 aromatic carbocycles. The van der Waals surface area contributed by atoms with Crippen molar-refractivity contribution in [3.63, 3.8) is 0 Å². The zero-order chi connectivity index (χ0) is 14.4. The van der Waals surface area contributed by atoms with Gasteiger partial charge in [0, 0.05) is 30.2 Å². The van der Waals surface area contributed by atoms with Gasteiger partial charge in [0.2, 0.25) is 0 Å². The Morgan fingerprint density at radius 3 is 2.65 bits per heavy atom. The molecule has 0 aliphatic carbocycles. The van der Waals surface area contributed by atoms with Gasteiger partial charge < -0.3 is 10.6 Å². The number of nitrogens with one attached hydrogen (secondary N) is 2. The topological polar surface area (TPSA) is 76.0 Å². The standard InChI is InChI=1S/C14H14N4O2/c1-2-7-16-13(19)11-3-5-12(6-4-11)17-14(20)18-9-8-15-10-18/h2-6,8-10H,1,7H2,(H,16,19)(H,17,20). The number of hydrogen-bond donors (Lipinski definition) is 2. The summed E-state index contributed by atoms with van der Waals surface area (Å²) in [4.78, 5) is 27.2. The van der Waals surface area contributed by atoms with E-state index < -0.39 is 0 Å². The lowest BCUT2D eigenvalue weighted by Gasteiger charge is -2.06. The molecule has 1 aromatic heterocycles. The summed E-state index contributed by atoms with van der Waals surface area (Å²) in [5.74, 6) is -0.183. The van der Waals surface area contributed by atoms with Crippen molar-refractivity contribution in [1.29, 1.82) is 0 Å². The van der Waals surface area contributed by atoms with Crippen LogP contribution in [0.15, 0.2) is 55.6 Å². The molecule has 0 saturated heterocycles. The van der Waals surface area contributed by atoms with E-state index in [0.29, 0.717) is 17.8 Å². The Labute approximate surface area is 116 Å². The smallest absolute Gasteiger partial charge is 0.331 e. The molecule has 0 unspecified atom stereocenters. The van der Waals surface area contributed by atoms with Gasteiger partial charge in [0.15, 0.2) is 0 Å². The second kappa shape index (κ2) is 6.33. The van der Waals surface area contributed by atoms with E-state index in [-0.39, 0.29) is 11.9 Å². The Morgan fingerprint density at radius 1 is 1.30 bits per heavy atom. The molecular weight excluding hydrogens is 256 g/mol. The average Bonchev–Trinajstić information content (AvgIpc) is 3.00. The fraction of sp³-hybridized carbons (Fsp3) is 0.0714. The Balaban J connectivity index is 1.99. The summed E-state index contributed by atoms with van der Waals surface area (Å²) in [5.41, 5.74) is 1.12. The molecule has 6 heteroatoms. The van der Waals surface area contributed by atoms with Crippen molar-refractivity contribution in [3.8, 4) is 0 Å². The summed E-state index contributed by atoms with van der Waals surface area (Å²) in [6.45, 7) is 3.94. The minimum absolute atomic E-state index is 0.183. The van der Waals surface area contributed by atoms with Crippen molar-refractivity contribution >= 4 is 17.6 Å². The van der Waals surface area contributed by atoms with Crippen LogP contribution >= 0.6 is 0 Å². The molecule has 0 fully saturated rings. The molecule has 2 aromatic rings. The van der Waals surface area contributed by atoms with E-state index in [4.69, 9.17) is 0 Å². The lowest BCUT2D eigenvalue weighted by molar-refractivity contribution is 0.0958. The summed E-state index contributed by atoms with van der Waals surface area (Å²) in [5, 5.41) is 5.36. The number of carbonyl (C=O) groups is 2. The molecule has 0 aliphatic heterocycles. The van der Waals surface area contributed by atoms with Crippen molar-refractivity contribution < 1.29 is 9.59 Å². The Bertz CT molecular complexity index is 603. The second-order valence-corrected chi connectivity index (χ2v) is 3.98. The van der Waals surface area contributed by atoms with E-state index in [2.05, 4.69) is 22.2 Å². The van der Waals surface area contributed by atoms with Crippen molar-refractivity contribution in [1.82, 2.24) is 14.9 Å². The van der Waals surface area contributed by atoms with E-state index in [1.165, 1.54) is 17.1 Å². The minimum Gasteiger partial charge on any atom is -0.349 e. The first-order chi connectivity index (χ1) is 9.70. The van der Waals surface area contributed by atoms with Crippen LogP contribution in [0, 0.1) is 0 Å². The maximum absolute atomic E-state index is 11.8. The second-order valence-electron chi connectivity index (χ2n) is 3.98. The van der Waals surface area contributed by atoms with Gasteiger partial charge in [0.25, 0.3) is 5.91 Å². The van der Waals surface area contributed by atoms with Crippen molar-refractivity contribution in [2.45, 2.75) is 0 Å². The highest BCUT2D eigenvalue weighted by molar-refractivity contribution is 5.95. The number of benzene rings is 1. The number of nitrogens with zero attached hydrogens (tertiary/aromatic N) is 2. The predicted molar refractivity (Wildman–Crippen MR) is 75.6 cm³/mol. The molecule has 0 bridgehead atoms. The molecule has 0 aliphatic rings. The summed E-state index contributed by atoms with van der Waals surface area (Å²) >= 11 is 0. The first kappa shape index (κ1) is 13.5. The highest BCUT2D eigenvalue weighted by atomic mass is 16.2. The molecular formula is C14H14N4O2. The zero-order valence-corrected chi connectivity index (χ0v) is 10.7. The highest BCUT2D eigenvalue weighted by Crippen LogP contribution is 2.10. The van der Waals surface area contributed by atoms with Gasteiger partial charge >= 0.3 is 6.03 Å². The van der Waals surface area contributed by atoms with Crippen LogP contribution in [0.3, 0.4) is 0 Å². The van der Waals surface area contributed by atoms with E-state index in [0.717, 1.165) is 0 Å². The van der Waals surface area contributed by atoms with Crippen LogP contribution in [0.5, 0.6) is 0 Å². The van der Waals surface area contributed by atoms with E-state index in [1.807, 2.05) is 0 Å². The third-order valence-electron chi connectivity index (χ3n) is 2.54. The third-order valence-corrected chi connectivity index (χ3v) is 2.54. The van der Waals surface area contributed by atoms with Crippen molar-refractivity contribution in [2.24, 2.45) is 0 Å². The fourth-order valence-electron chi connectivity index (χ4n) is 1.54. The summed E-state index contributed by atoms with van der Waals surface area (Å²) in [7, 11) is 0. The highest BCUT2D eigenvalue weighted by Gasteiger charge is 2.06. The summed E-state index contributed by atoms with van der Waals surface area (Å²) in [6, 6.07) is 6.30. The van der Waals surface area contributed by atoms with Crippen LogP contribution < -0.4 is 10.6 Å². The summed E-state index contributed by atoms with van der Waals surface area (Å²) in [6.07, 6.45) is 6.09. The molecule has 0 atom stereocenters. The van der Waals surface area contributed by atoms with Gasteiger partial charge in [-0.1, -0.05) is 6.08 Å². The lowest BCUT2D eigenvalue weighted by atomic mass is 10.2. The molecule has 1 heterocycles. The number of amides is 2. The Morgan fingerprint density at radius 2 is 2.05 bits per heavy atom. The number of imidazole rings is 1. The molecule has 2 N–H and O–H groups in total. The first-order valence-electron chi connectivity index (χ1n) is 5.99. The summed E-state index contributed by atoms with van der Waals surface area (Å²) < 4.78 is 1.32. The van der Waals surface area contributed by atoms with Crippen LogP contribution in [0.25, 0.3) is 0 Å².